The van der Waals surface area contributed by atoms with Crippen molar-refractivity contribution in [1.29, 1.82) is 0 Å². The molecule has 1 unspecified atom stereocenters. The van der Waals surface area contributed by atoms with Crippen molar-refractivity contribution in [3.8, 4) is 0 Å². The molecule has 0 aromatic heterocycles. The molecule has 2 N–H and O–H groups in total. The van der Waals surface area contributed by atoms with E-state index in [-0.39, 0.29) is 29.8 Å². The molecule has 7 nitrogen and oxygen atoms in total. The number of likely N-dealkylation sites (tertiary alicyclic amines) is 2. The van der Waals surface area contributed by atoms with E-state index in [2.05, 4.69) is 10.6 Å². The highest BCUT2D eigenvalue weighted by Gasteiger charge is 2.32. The Hall–Kier alpha value is -2.57. The van der Waals surface area contributed by atoms with Gasteiger partial charge in [0.15, 0.2) is 0 Å². The van der Waals surface area contributed by atoms with E-state index in [4.69, 9.17) is 0 Å². The van der Waals surface area contributed by atoms with Gasteiger partial charge in [0.05, 0.1) is 5.92 Å². The van der Waals surface area contributed by atoms with Gasteiger partial charge in [0.1, 0.15) is 0 Å². The second kappa shape index (κ2) is 10.3. The van der Waals surface area contributed by atoms with Crippen LogP contribution in [0.5, 0.6) is 0 Å². The lowest BCUT2D eigenvalue weighted by Crippen LogP contribution is -2.51. The molecular formula is C22H32N4O3. The maximum atomic E-state index is 12.9. The van der Waals surface area contributed by atoms with Crippen molar-refractivity contribution in [1.82, 2.24) is 15.1 Å². The summed E-state index contributed by atoms with van der Waals surface area (Å²) in [5.74, 6) is 0.235. The number of hydrogen-bond acceptors (Lipinski definition) is 3. The lowest BCUT2D eigenvalue weighted by atomic mass is 9.94. The van der Waals surface area contributed by atoms with Crippen LogP contribution in [-0.4, -0.2) is 59.9 Å². The second-order valence-electron chi connectivity index (χ2n) is 7.99. The Morgan fingerprint density at radius 2 is 1.72 bits per heavy atom. The quantitative estimate of drug-likeness (QED) is 0.797. The Kier molecular flexibility index (Phi) is 7.49. The highest BCUT2D eigenvalue weighted by Crippen LogP contribution is 2.22. The van der Waals surface area contributed by atoms with Gasteiger partial charge in [-0.05, 0) is 44.2 Å². The van der Waals surface area contributed by atoms with E-state index in [0.29, 0.717) is 26.1 Å². The molecular weight excluding hydrogens is 368 g/mol. The molecule has 158 valence electrons. The van der Waals surface area contributed by atoms with Crippen molar-refractivity contribution < 1.29 is 14.4 Å². The zero-order chi connectivity index (χ0) is 20.6. The number of nitrogens with zero attached hydrogens (tertiary/aromatic N) is 2. The number of hydrogen-bond donors (Lipinski definition) is 2. The number of benzene rings is 1. The average Bonchev–Trinajstić information content (AvgIpc) is 2.75. The van der Waals surface area contributed by atoms with Gasteiger partial charge in [-0.15, -0.1) is 0 Å². The topological polar surface area (TPSA) is 81.8 Å². The number of anilines is 1. The zero-order valence-corrected chi connectivity index (χ0v) is 17.2. The molecule has 0 bridgehead atoms. The molecule has 29 heavy (non-hydrogen) atoms. The minimum absolute atomic E-state index is 0.0664. The average molecular weight is 401 g/mol. The Labute approximate surface area is 172 Å². The van der Waals surface area contributed by atoms with E-state index in [1.807, 2.05) is 47.1 Å². The molecule has 1 atom stereocenters. The van der Waals surface area contributed by atoms with E-state index < -0.39 is 0 Å². The smallest absolute Gasteiger partial charge is 0.319 e. The molecule has 2 fully saturated rings. The van der Waals surface area contributed by atoms with Gasteiger partial charge in [0.25, 0.3) is 0 Å². The predicted octanol–water partition coefficient (Wildman–Crippen LogP) is 2.84. The minimum Gasteiger partial charge on any atom is -0.342 e. The van der Waals surface area contributed by atoms with E-state index in [0.717, 1.165) is 44.3 Å². The maximum absolute atomic E-state index is 12.9. The number of carbonyl (C=O) groups is 3. The van der Waals surface area contributed by atoms with Crippen LogP contribution in [0.2, 0.25) is 0 Å². The summed E-state index contributed by atoms with van der Waals surface area (Å²) in [6.45, 7) is 4.62. The maximum Gasteiger partial charge on any atom is 0.319 e. The van der Waals surface area contributed by atoms with Gasteiger partial charge >= 0.3 is 6.03 Å². The summed E-state index contributed by atoms with van der Waals surface area (Å²) < 4.78 is 0. The van der Waals surface area contributed by atoms with Crippen molar-refractivity contribution in [2.24, 2.45) is 5.92 Å². The van der Waals surface area contributed by atoms with Crippen LogP contribution in [-0.2, 0) is 9.59 Å². The molecule has 3 rings (SSSR count). The summed E-state index contributed by atoms with van der Waals surface area (Å²) in [5, 5.41) is 5.83. The van der Waals surface area contributed by atoms with Crippen molar-refractivity contribution in [2.75, 3.05) is 31.5 Å². The van der Waals surface area contributed by atoms with Gasteiger partial charge in [-0.25, -0.2) is 4.79 Å². The molecule has 1 aromatic carbocycles. The molecule has 4 amide bonds. The second-order valence-corrected chi connectivity index (χ2v) is 7.99. The summed E-state index contributed by atoms with van der Waals surface area (Å²) in [6.07, 6.45) is 4.64. The van der Waals surface area contributed by atoms with Crippen LogP contribution in [0.15, 0.2) is 30.3 Å². The molecule has 2 aliphatic heterocycles. The number of carbonyl (C=O) groups excluding carboxylic acids is 3. The third-order valence-electron chi connectivity index (χ3n) is 5.76. The van der Waals surface area contributed by atoms with E-state index in [9.17, 15) is 14.4 Å². The number of para-hydroxylation sites is 1. The lowest BCUT2D eigenvalue weighted by Gasteiger charge is -2.38. The molecule has 2 saturated heterocycles. The van der Waals surface area contributed by atoms with Gasteiger partial charge < -0.3 is 20.4 Å². The Morgan fingerprint density at radius 3 is 2.41 bits per heavy atom. The van der Waals surface area contributed by atoms with E-state index in [1.54, 1.807) is 0 Å². The first-order valence-corrected chi connectivity index (χ1v) is 10.8. The molecule has 0 aliphatic carbocycles. The van der Waals surface area contributed by atoms with E-state index >= 15 is 0 Å². The first-order valence-electron chi connectivity index (χ1n) is 10.8. The number of urea groups is 1. The third kappa shape index (κ3) is 5.95. The molecule has 2 heterocycles. The minimum atomic E-state index is -0.210. The van der Waals surface area contributed by atoms with Gasteiger partial charge in [0, 0.05) is 44.3 Å². The summed E-state index contributed by atoms with van der Waals surface area (Å²) in [5.41, 5.74) is 0.761. The largest absolute Gasteiger partial charge is 0.342 e. The first kappa shape index (κ1) is 21.1. The number of amides is 4. The van der Waals surface area contributed by atoms with E-state index in [1.165, 1.54) is 0 Å². The Morgan fingerprint density at radius 1 is 1.00 bits per heavy atom. The van der Waals surface area contributed by atoms with Crippen molar-refractivity contribution >= 4 is 23.5 Å². The predicted molar refractivity (Wildman–Crippen MR) is 112 cm³/mol. The highest BCUT2D eigenvalue weighted by atomic mass is 16.2. The van der Waals surface area contributed by atoms with Crippen molar-refractivity contribution in [2.45, 2.75) is 51.5 Å². The number of rotatable bonds is 5. The Balaban J connectivity index is 1.43. The SMILES string of the molecule is CCCC(=O)N1CCCC(C(=O)N2CCC(NC(=O)Nc3ccccc3)CC2)C1. The molecule has 0 radical (unpaired) electrons. The van der Waals surface area contributed by atoms with Crippen molar-refractivity contribution in [3.05, 3.63) is 30.3 Å². The van der Waals surface area contributed by atoms with Crippen LogP contribution < -0.4 is 10.6 Å². The summed E-state index contributed by atoms with van der Waals surface area (Å²) >= 11 is 0. The zero-order valence-electron chi connectivity index (χ0n) is 17.2. The summed E-state index contributed by atoms with van der Waals surface area (Å²) in [7, 11) is 0. The molecule has 7 heteroatoms. The monoisotopic (exact) mass is 400 g/mol. The molecule has 1 aromatic rings. The summed E-state index contributed by atoms with van der Waals surface area (Å²) in [6, 6.07) is 9.21. The molecule has 0 saturated carbocycles. The fourth-order valence-corrected chi connectivity index (χ4v) is 4.15. The summed E-state index contributed by atoms with van der Waals surface area (Å²) in [4.78, 5) is 41.0. The van der Waals surface area contributed by atoms with Crippen LogP contribution in [0, 0.1) is 5.92 Å². The Bertz CT molecular complexity index is 701. The third-order valence-corrected chi connectivity index (χ3v) is 5.76. The van der Waals surface area contributed by atoms with Crippen LogP contribution in [0.4, 0.5) is 10.5 Å². The fraction of sp³-hybridized carbons (Fsp3) is 0.591. The molecule has 0 spiro atoms. The van der Waals surface area contributed by atoms with Gasteiger partial charge in [-0.3, -0.25) is 9.59 Å². The number of piperidine rings is 2. The van der Waals surface area contributed by atoms with Gasteiger partial charge in [0.2, 0.25) is 11.8 Å². The first-order chi connectivity index (χ1) is 14.1. The molecule has 2 aliphatic rings. The van der Waals surface area contributed by atoms with Gasteiger partial charge in [-0.2, -0.15) is 0 Å². The van der Waals surface area contributed by atoms with Gasteiger partial charge in [-0.1, -0.05) is 25.1 Å². The van der Waals surface area contributed by atoms with Crippen molar-refractivity contribution in [3.63, 3.8) is 0 Å². The van der Waals surface area contributed by atoms with Crippen LogP contribution in [0.3, 0.4) is 0 Å². The number of nitrogens with one attached hydrogen (secondary N) is 2. The van der Waals surface area contributed by atoms with Crippen LogP contribution in [0.1, 0.15) is 45.4 Å². The van der Waals surface area contributed by atoms with Crippen LogP contribution in [0.25, 0.3) is 0 Å². The highest BCUT2D eigenvalue weighted by molar-refractivity contribution is 5.89. The normalized spacial score (nSPS) is 20.2. The standard InChI is InChI=1S/C22H32N4O3/c1-2-7-20(27)26-13-6-8-17(16-26)21(28)25-14-11-19(12-15-25)24-22(29)23-18-9-4-3-5-10-18/h3-5,9-10,17,19H,2,6-8,11-16H2,1H3,(H2,23,24,29). The lowest BCUT2D eigenvalue weighted by molar-refractivity contribution is -0.141. The fourth-order valence-electron chi connectivity index (χ4n) is 4.15. The van der Waals surface area contributed by atoms with Crippen LogP contribution >= 0.6 is 0 Å².